The van der Waals surface area contributed by atoms with Crippen LogP contribution in [0.2, 0.25) is 0 Å². The maximum atomic E-state index is 3.74. The predicted molar refractivity (Wildman–Crippen MR) is 62.5 cm³/mol. The summed E-state index contributed by atoms with van der Waals surface area (Å²) in [7, 11) is 0. The van der Waals surface area contributed by atoms with Crippen LogP contribution in [0.5, 0.6) is 0 Å². The number of halogens is 1. The monoisotopic (exact) mass is 247 g/mol. The van der Waals surface area contributed by atoms with Gasteiger partial charge in [0, 0.05) is 11.4 Å². The lowest BCUT2D eigenvalue weighted by Gasteiger charge is -2.34. The number of piperidine rings is 1. The third-order valence-corrected chi connectivity index (χ3v) is 4.32. The van der Waals surface area contributed by atoms with Crippen LogP contribution in [0.4, 0.5) is 0 Å². The van der Waals surface area contributed by atoms with E-state index in [0.717, 1.165) is 10.7 Å². The van der Waals surface area contributed by atoms with Crippen molar-refractivity contribution in [3.63, 3.8) is 0 Å². The molecule has 0 radical (unpaired) electrons. The van der Waals surface area contributed by atoms with Gasteiger partial charge in [0.05, 0.1) is 0 Å². The standard InChI is InChI=1S/C11H22BrN/c1-3-4-5-7-13-8-6-11(12)10(2)9-13/h10-11H,3-9H2,1-2H3. The Balaban J connectivity index is 2.14. The first kappa shape index (κ1) is 11.5. The molecule has 0 amide bonds. The van der Waals surface area contributed by atoms with Gasteiger partial charge in [-0.15, -0.1) is 0 Å². The normalized spacial score (nSPS) is 30.7. The van der Waals surface area contributed by atoms with Crippen molar-refractivity contribution in [2.45, 2.75) is 44.4 Å². The van der Waals surface area contributed by atoms with Crippen molar-refractivity contribution < 1.29 is 0 Å². The summed E-state index contributed by atoms with van der Waals surface area (Å²) in [5.74, 6) is 0.829. The second-order valence-electron chi connectivity index (χ2n) is 4.29. The second kappa shape index (κ2) is 6.02. The van der Waals surface area contributed by atoms with Gasteiger partial charge in [-0.05, 0) is 31.8 Å². The molecule has 2 heteroatoms. The smallest absolute Gasteiger partial charge is 0.0195 e. The fraction of sp³-hybridized carbons (Fsp3) is 1.00. The Hall–Kier alpha value is 0.440. The van der Waals surface area contributed by atoms with Gasteiger partial charge < -0.3 is 4.90 Å². The first-order chi connectivity index (χ1) is 6.24. The van der Waals surface area contributed by atoms with Crippen LogP contribution in [-0.4, -0.2) is 29.4 Å². The molecule has 1 fully saturated rings. The third kappa shape index (κ3) is 3.99. The number of hydrogen-bond donors (Lipinski definition) is 0. The molecule has 0 saturated carbocycles. The largest absolute Gasteiger partial charge is 0.303 e. The van der Waals surface area contributed by atoms with E-state index >= 15 is 0 Å². The Morgan fingerprint density at radius 3 is 2.77 bits per heavy atom. The summed E-state index contributed by atoms with van der Waals surface area (Å²) in [5, 5.41) is 0. The van der Waals surface area contributed by atoms with E-state index in [4.69, 9.17) is 0 Å². The van der Waals surface area contributed by atoms with Crippen molar-refractivity contribution in [2.75, 3.05) is 19.6 Å². The minimum atomic E-state index is 0.759. The molecule has 1 heterocycles. The molecular weight excluding hydrogens is 226 g/mol. The van der Waals surface area contributed by atoms with Crippen LogP contribution in [-0.2, 0) is 0 Å². The molecule has 0 aromatic heterocycles. The number of nitrogens with zero attached hydrogens (tertiary/aromatic N) is 1. The molecule has 2 atom stereocenters. The second-order valence-corrected chi connectivity index (χ2v) is 5.47. The van der Waals surface area contributed by atoms with E-state index in [0.29, 0.717) is 0 Å². The minimum absolute atomic E-state index is 0.759. The lowest BCUT2D eigenvalue weighted by molar-refractivity contribution is 0.188. The summed E-state index contributed by atoms with van der Waals surface area (Å²) in [6, 6.07) is 0. The molecule has 0 spiro atoms. The summed E-state index contributed by atoms with van der Waals surface area (Å²) in [6.45, 7) is 8.53. The topological polar surface area (TPSA) is 3.24 Å². The predicted octanol–water partition coefficient (Wildman–Crippen LogP) is 3.28. The van der Waals surface area contributed by atoms with E-state index in [1.807, 2.05) is 0 Å². The minimum Gasteiger partial charge on any atom is -0.303 e. The molecule has 1 aliphatic heterocycles. The average molecular weight is 248 g/mol. The van der Waals surface area contributed by atoms with E-state index in [1.54, 1.807) is 0 Å². The van der Waals surface area contributed by atoms with Crippen molar-refractivity contribution in [1.29, 1.82) is 0 Å². The molecule has 13 heavy (non-hydrogen) atoms. The van der Waals surface area contributed by atoms with Crippen LogP contribution in [0.15, 0.2) is 0 Å². The molecule has 0 aromatic rings. The van der Waals surface area contributed by atoms with E-state index in [1.165, 1.54) is 45.3 Å². The number of unbranched alkanes of at least 4 members (excludes halogenated alkanes) is 2. The molecule has 1 nitrogen and oxygen atoms in total. The molecular formula is C11H22BrN. The van der Waals surface area contributed by atoms with Crippen LogP contribution < -0.4 is 0 Å². The quantitative estimate of drug-likeness (QED) is 0.545. The summed E-state index contributed by atoms with van der Waals surface area (Å²) < 4.78 is 0. The number of hydrogen-bond acceptors (Lipinski definition) is 1. The highest BCUT2D eigenvalue weighted by atomic mass is 79.9. The molecule has 78 valence electrons. The van der Waals surface area contributed by atoms with Gasteiger partial charge in [0.15, 0.2) is 0 Å². The van der Waals surface area contributed by atoms with Crippen molar-refractivity contribution >= 4 is 15.9 Å². The Bertz CT molecular complexity index is 138. The maximum Gasteiger partial charge on any atom is 0.0195 e. The van der Waals surface area contributed by atoms with Gasteiger partial charge >= 0.3 is 0 Å². The van der Waals surface area contributed by atoms with Crippen molar-refractivity contribution in [3.8, 4) is 0 Å². The van der Waals surface area contributed by atoms with Gasteiger partial charge in [-0.3, -0.25) is 0 Å². The van der Waals surface area contributed by atoms with Crippen molar-refractivity contribution in [2.24, 2.45) is 5.92 Å². The number of likely N-dealkylation sites (tertiary alicyclic amines) is 1. The number of rotatable bonds is 4. The van der Waals surface area contributed by atoms with Gasteiger partial charge in [-0.25, -0.2) is 0 Å². The van der Waals surface area contributed by atoms with Gasteiger partial charge in [0.2, 0.25) is 0 Å². The zero-order valence-electron chi connectivity index (χ0n) is 8.93. The van der Waals surface area contributed by atoms with Crippen LogP contribution in [0.3, 0.4) is 0 Å². The molecule has 1 aliphatic rings. The summed E-state index contributed by atoms with van der Waals surface area (Å²) in [4.78, 5) is 3.38. The average Bonchev–Trinajstić information content (AvgIpc) is 2.12. The molecule has 0 bridgehead atoms. The number of alkyl halides is 1. The highest BCUT2D eigenvalue weighted by Gasteiger charge is 2.22. The van der Waals surface area contributed by atoms with Crippen LogP contribution >= 0.6 is 15.9 Å². The summed E-state index contributed by atoms with van der Waals surface area (Å²) in [5.41, 5.74) is 0. The Morgan fingerprint density at radius 2 is 2.15 bits per heavy atom. The van der Waals surface area contributed by atoms with Gasteiger partial charge in [0.1, 0.15) is 0 Å². The molecule has 1 rings (SSSR count). The van der Waals surface area contributed by atoms with E-state index < -0.39 is 0 Å². The third-order valence-electron chi connectivity index (χ3n) is 2.96. The Labute approximate surface area is 91.0 Å². The summed E-state index contributed by atoms with van der Waals surface area (Å²) in [6.07, 6.45) is 5.44. The SMILES string of the molecule is CCCCCN1CCC(Br)C(C)C1. The molecule has 0 aromatic carbocycles. The zero-order valence-corrected chi connectivity index (χ0v) is 10.5. The molecule has 2 unspecified atom stereocenters. The van der Waals surface area contributed by atoms with Crippen LogP contribution in [0.1, 0.15) is 39.5 Å². The fourth-order valence-electron chi connectivity index (χ4n) is 1.99. The highest BCUT2D eigenvalue weighted by Crippen LogP contribution is 2.23. The lowest BCUT2D eigenvalue weighted by atomic mass is 10.00. The summed E-state index contributed by atoms with van der Waals surface area (Å²) >= 11 is 3.74. The van der Waals surface area contributed by atoms with E-state index in [9.17, 15) is 0 Å². The molecule has 0 N–H and O–H groups in total. The molecule has 1 saturated heterocycles. The van der Waals surface area contributed by atoms with Gasteiger partial charge in [-0.1, -0.05) is 42.6 Å². The Kier molecular flexibility index (Phi) is 5.34. The van der Waals surface area contributed by atoms with Crippen molar-refractivity contribution in [3.05, 3.63) is 0 Å². The first-order valence-electron chi connectivity index (χ1n) is 5.60. The fourth-order valence-corrected chi connectivity index (χ4v) is 2.36. The van der Waals surface area contributed by atoms with E-state index in [-0.39, 0.29) is 0 Å². The molecule has 0 aliphatic carbocycles. The van der Waals surface area contributed by atoms with Crippen molar-refractivity contribution in [1.82, 2.24) is 4.90 Å². The maximum absolute atomic E-state index is 3.74. The van der Waals surface area contributed by atoms with Crippen LogP contribution in [0.25, 0.3) is 0 Å². The van der Waals surface area contributed by atoms with Gasteiger partial charge in [-0.2, -0.15) is 0 Å². The zero-order chi connectivity index (χ0) is 9.68. The van der Waals surface area contributed by atoms with Crippen LogP contribution in [0, 0.1) is 5.92 Å². The first-order valence-corrected chi connectivity index (χ1v) is 6.52. The lowest BCUT2D eigenvalue weighted by Crippen LogP contribution is -2.40. The Morgan fingerprint density at radius 1 is 1.38 bits per heavy atom. The van der Waals surface area contributed by atoms with Gasteiger partial charge in [0.25, 0.3) is 0 Å². The highest BCUT2D eigenvalue weighted by molar-refractivity contribution is 9.09. The van der Waals surface area contributed by atoms with E-state index in [2.05, 4.69) is 34.7 Å².